The Morgan fingerprint density at radius 3 is 2.75 bits per heavy atom. The zero-order valence-electron chi connectivity index (χ0n) is 13.1. The van der Waals surface area contributed by atoms with E-state index in [-0.39, 0.29) is 0 Å². The lowest BCUT2D eigenvalue weighted by atomic mass is 10.0. The van der Waals surface area contributed by atoms with Crippen LogP contribution in [0.4, 0.5) is 11.6 Å². The molecule has 1 aliphatic heterocycles. The van der Waals surface area contributed by atoms with Gasteiger partial charge in [0.1, 0.15) is 18.0 Å². The summed E-state index contributed by atoms with van der Waals surface area (Å²) in [6.07, 6.45) is 4.22. The summed E-state index contributed by atoms with van der Waals surface area (Å²) in [4.78, 5) is 11.3. The second kappa shape index (κ2) is 6.88. The monoisotopic (exact) mass is 277 g/mol. The Kier molecular flexibility index (Phi) is 5.17. The fraction of sp³-hybridized carbons (Fsp3) is 0.733. The van der Waals surface area contributed by atoms with Crippen molar-refractivity contribution in [3.8, 4) is 0 Å². The summed E-state index contributed by atoms with van der Waals surface area (Å²) in [5.74, 6) is 2.30. The predicted molar refractivity (Wildman–Crippen MR) is 84.4 cm³/mol. The minimum Gasteiger partial charge on any atom is -0.373 e. The van der Waals surface area contributed by atoms with E-state index < -0.39 is 0 Å². The van der Waals surface area contributed by atoms with Crippen LogP contribution in [0.3, 0.4) is 0 Å². The molecule has 20 heavy (non-hydrogen) atoms. The quantitative estimate of drug-likeness (QED) is 0.837. The Bertz CT molecular complexity index is 432. The fourth-order valence-electron chi connectivity index (χ4n) is 3.04. The molecule has 1 aromatic heterocycles. The van der Waals surface area contributed by atoms with Gasteiger partial charge >= 0.3 is 0 Å². The van der Waals surface area contributed by atoms with E-state index in [1.54, 1.807) is 6.33 Å². The number of likely N-dealkylation sites (tertiary alicyclic amines) is 1. The molecule has 0 aliphatic carbocycles. The molecule has 112 valence electrons. The first kappa shape index (κ1) is 15.0. The third kappa shape index (κ3) is 3.20. The van der Waals surface area contributed by atoms with Gasteiger partial charge in [-0.25, -0.2) is 9.97 Å². The molecule has 0 amide bonds. The van der Waals surface area contributed by atoms with Crippen molar-refractivity contribution in [1.82, 2.24) is 14.9 Å². The lowest BCUT2D eigenvalue weighted by molar-refractivity contribution is 0.277. The molecule has 0 saturated carbocycles. The smallest absolute Gasteiger partial charge is 0.135 e. The first-order valence-electron chi connectivity index (χ1n) is 7.67. The molecule has 2 N–H and O–H groups in total. The molecule has 1 atom stereocenters. The normalized spacial score (nSPS) is 19.6. The number of aromatic nitrogens is 2. The van der Waals surface area contributed by atoms with E-state index in [9.17, 15) is 0 Å². The lowest BCUT2D eigenvalue weighted by Gasteiger charge is -2.24. The molecule has 2 heterocycles. The van der Waals surface area contributed by atoms with E-state index in [2.05, 4.69) is 46.3 Å². The molecule has 0 spiro atoms. The number of rotatable bonds is 6. The maximum Gasteiger partial charge on any atom is 0.135 e. The van der Waals surface area contributed by atoms with Crippen LogP contribution in [0.5, 0.6) is 0 Å². The van der Waals surface area contributed by atoms with E-state index >= 15 is 0 Å². The number of hydrogen-bond acceptors (Lipinski definition) is 5. The van der Waals surface area contributed by atoms with Crippen molar-refractivity contribution in [3.05, 3.63) is 11.9 Å². The summed E-state index contributed by atoms with van der Waals surface area (Å²) in [5, 5.41) is 6.71. The van der Waals surface area contributed by atoms with Crippen molar-refractivity contribution >= 4 is 11.6 Å². The highest BCUT2D eigenvalue weighted by Gasteiger charge is 2.23. The van der Waals surface area contributed by atoms with Gasteiger partial charge in [-0.2, -0.15) is 0 Å². The summed E-state index contributed by atoms with van der Waals surface area (Å²) in [6, 6.07) is 0.632. The molecule has 2 rings (SSSR count). The third-order valence-corrected chi connectivity index (χ3v) is 4.11. The highest BCUT2D eigenvalue weighted by molar-refractivity contribution is 5.58. The number of likely N-dealkylation sites (N-methyl/N-ethyl adjacent to an activating group) is 1. The summed E-state index contributed by atoms with van der Waals surface area (Å²) in [7, 11) is 1.91. The maximum atomic E-state index is 4.44. The van der Waals surface area contributed by atoms with Gasteiger partial charge in [0, 0.05) is 25.2 Å². The molecule has 1 saturated heterocycles. The van der Waals surface area contributed by atoms with Gasteiger partial charge in [0.25, 0.3) is 0 Å². The van der Waals surface area contributed by atoms with Gasteiger partial charge in [-0.3, -0.25) is 4.90 Å². The van der Waals surface area contributed by atoms with E-state index in [0.29, 0.717) is 12.0 Å². The molecule has 1 fully saturated rings. The van der Waals surface area contributed by atoms with Gasteiger partial charge in [-0.05, 0) is 31.8 Å². The topological polar surface area (TPSA) is 53.1 Å². The maximum absolute atomic E-state index is 4.44. The van der Waals surface area contributed by atoms with Crippen molar-refractivity contribution in [2.24, 2.45) is 0 Å². The van der Waals surface area contributed by atoms with Crippen LogP contribution in [0.25, 0.3) is 0 Å². The van der Waals surface area contributed by atoms with E-state index in [1.165, 1.54) is 24.9 Å². The minimum absolute atomic E-state index is 0.395. The van der Waals surface area contributed by atoms with Gasteiger partial charge < -0.3 is 10.6 Å². The molecule has 0 aromatic carbocycles. The van der Waals surface area contributed by atoms with Crippen LogP contribution in [-0.4, -0.2) is 47.6 Å². The summed E-state index contributed by atoms with van der Waals surface area (Å²) in [6.45, 7) is 9.92. The third-order valence-electron chi connectivity index (χ3n) is 4.11. The van der Waals surface area contributed by atoms with Gasteiger partial charge in [-0.1, -0.05) is 20.8 Å². The zero-order chi connectivity index (χ0) is 14.5. The molecule has 0 bridgehead atoms. The summed E-state index contributed by atoms with van der Waals surface area (Å²) >= 11 is 0. The Morgan fingerprint density at radius 2 is 2.10 bits per heavy atom. The second-order valence-electron chi connectivity index (χ2n) is 5.69. The van der Waals surface area contributed by atoms with Gasteiger partial charge in [0.2, 0.25) is 0 Å². The van der Waals surface area contributed by atoms with Crippen LogP contribution in [0.1, 0.15) is 45.1 Å². The van der Waals surface area contributed by atoms with Crippen LogP contribution in [-0.2, 0) is 0 Å². The van der Waals surface area contributed by atoms with Crippen LogP contribution >= 0.6 is 0 Å². The molecule has 1 aromatic rings. The molecule has 1 aliphatic rings. The SMILES string of the molecule is CCN1CCCC1CNc1ncnc(NC)c1C(C)C. The Labute approximate surface area is 122 Å². The lowest BCUT2D eigenvalue weighted by Crippen LogP contribution is -2.35. The first-order chi connectivity index (χ1) is 9.67. The van der Waals surface area contributed by atoms with Crippen molar-refractivity contribution < 1.29 is 0 Å². The molecule has 1 unspecified atom stereocenters. The van der Waals surface area contributed by atoms with E-state index in [0.717, 1.165) is 24.7 Å². The van der Waals surface area contributed by atoms with Crippen LogP contribution < -0.4 is 10.6 Å². The van der Waals surface area contributed by atoms with Crippen molar-refractivity contribution in [2.45, 2.75) is 45.6 Å². The highest BCUT2D eigenvalue weighted by Crippen LogP contribution is 2.28. The van der Waals surface area contributed by atoms with Crippen LogP contribution in [0.2, 0.25) is 0 Å². The minimum atomic E-state index is 0.395. The van der Waals surface area contributed by atoms with Gasteiger partial charge in [0.05, 0.1) is 0 Å². The summed E-state index contributed by atoms with van der Waals surface area (Å²) < 4.78 is 0. The Morgan fingerprint density at radius 1 is 1.35 bits per heavy atom. The Hall–Kier alpha value is -1.36. The van der Waals surface area contributed by atoms with Crippen molar-refractivity contribution in [3.63, 3.8) is 0 Å². The van der Waals surface area contributed by atoms with Crippen LogP contribution in [0.15, 0.2) is 6.33 Å². The Balaban J connectivity index is 2.09. The molecule has 0 radical (unpaired) electrons. The average Bonchev–Trinajstić information content (AvgIpc) is 2.91. The summed E-state index contributed by atoms with van der Waals surface area (Å²) in [5.41, 5.74) is 1.18. The fourth-order valence-corrected chi connectivity index (χ4v) is 3.04. The van der Waals surface area contributed by atoms with Crippen molar-refractivity contribution in [1.29, 1.82) is 0 Å². The number of nitrogens with one attached hydrogen (secondary N) is 2. The number of hydrogen-bond donors (Lipinski definition) is 2. The van der Waals surface area contributed by atoms with Crippen LogP contribution in [0, 0.1) is 0 Å². The standard InChI is InChI=1S/C15H27N5/c1-5-20-8-6-7-12(20)9-17-15-13(11(2)3)14(16-4)18-10-19-15/h10-12H,5-9H2,1-4H3,(H2,16,17,18,19). The molecular formula is C15H27N5. The van der Waals surface area contributed by atoms with E-state index in [1.807, 2.05) is 7.05 Å². The average molecular weight is 277 g/mol. The molecular weight excluding hydrogens is 250 g/mol. The molecule has 5 nitrogen and oxygen atoms in total. The highest BCUT2D eigenvalue weighted by atomic mass is 15.2. The van der Waals surface area contributed by atoms with Gasteiger partial charge in [-0.15, -0.1) is 0 Å². The van der Waals surface area contributed by atoms with Crippen molar-refractivity contribution in [2.75, 3.05) is 37.3 Å². The van der Waals surface area contributed by atoms with Gasteiger partial charge in [0.15, 0.2) is 0 Å². The van der Waals surface area contributed by atoms with E-state index in [4.69, 9.17) is 0 Å². The first-order valence-corrected chi connectivity index (χ1v) is 7.67. The largest absolute Gasteiger partial charge is 0.373 e. The molecule has 5 heteroatoms. The number of nitrogens with zero attached hydrogens (tertiary/aromatic N) is 3. The number of anilines is 2. The second-order valence-corrected chi connectivity index (χ2v) is 5.69. The zero-order valence-corrected chi connectivity index (χ0v) is 13.1. The predicted octanol–water partition coefficient (Wildman–Crippen LogP) is 2.54.